The predicted octanol–water partition coefficient (Wildman–Crippen LogP) is -0.108. The van der Waals surface area contributed by atoms with Crippen LogP contribution in [0.1, 0.15) is 12.8 Å². The van der Waals surface area contributed by atoms with Crippen molar-refractivity contribution in [3.8, 4) is 0 Å². The van der Waals surface area contributed by atoms with Gasteiger partial charge in [-0.25, -0.2) is 4.98 Å². The van der Waals surface area contributed by atoms with Crippen molar-refractivity contribution >= 4 is 11.0 Å². The first-order valence-corrected chi connectivity index (χ1v) is 4.83. The molecule has 0 atom stereocenters. The lowest BCUT2D eigenvalue weighted by molar-refractivity contribution is 0.280. The lowest BCUT2D eigenvalue weighted by Crippen LogP contribution is -2.06. The number of nitrogens with one attached hydrogen (secondary N) is 1. The number of aromatic amines is 1. The van der Waals surface area contributed by atoms with Gasteiger partial charge in [-0.3, -0.25) is 9.48 Å². The number of rotatable bonds is 4. The third-order valence-electron chi connectivity index (χ3n) is 2.15. The van der Waals surface area contributed by atoms with Gasteiger partial charge in [-0.05, 0) is 12.8 Å². The van der Waals surface area contributed by atoms with Gasteiger partial charge in [0.25, 0.3) is 5.56 Å². The molecule has 2 heterocycles. The molecule has 2 aromatic heterocycles. The highest BCUT2D eigenvalue weighted by atomic mass is 16.2. The van der Waals surface area contributed by atoms with Crippen LogP contribution in [0.25, 0.3) is 11.0 Å². The van der Waals surface area contributed by atoms with E-state index >= 15 is 0 Å². The van der Waals surface area contributed by atoms with E-state index in [9.17, 15) is 4.79 Å². The minimum absolute atomic E-state index is 0.180. The third-order valence-corrected chi connectivity index (χ3v) is 2.15. The molecule has 0 aliphatic heterocycles. The van der Waals surface area contributed by atoms with Crippen LogP contribution in [0.2, 0.25) is 0 Å². The van der Waals surface area contributed by atoms with Crippen LogP contribution < -0.4 is 5.56 Å². The Balaban J connectivity index is 2.24. The van der Waals surface area contributed by atoms with E-state index in [-0.39, 0.29) is 12.2 Å². The fraction of sp³-hybridized carbons (Fsp3) is 0.444. The van der Waals surface area contributed by atoms with E-state index < -0.39 is 0 Å². The summed E-state index contributed by atoms with van der Waals surface area (Å²) in [6.45, 7) is 0.871. The summed E-state index contributed by atoms with van der Waals surface area (Å²) in [4.78, 5) is 17.8. The molecule has 0 aliphatic carbocycles. The zero-order valence-electron chi connectivity index (χ0n) is 8.18. The summed E-state index contributed by atoms with van der Waals surface area (Å²) in [7, 11) is 0. The van der Waals surface area contributed by atoms with Gasteiger partial charge in [0.2, 0.25) is 0 Å². The maximum Gasteiger partial charge on any atom is 0.279 e. The summed E-state index contributed by atoms with van der Waals surface area (Å²) in [5.41, 5.74) is 0.741. The molecular formula is C9H12N4O2. The van der Waals surface area contributed by atoms with Crippen LogP contribution in [-0.2, 0) is 6.54 Å². The molecule has 0 amide bonds. The number of nitrogens with zero attached hydrogens (tertiary/aromatic N) is 3. The average molecular weight is 208 g/mol. The number of fused-ring (bicyclic) bond motifs is 1. The second-order valence-corrected chi connectivity index (χ2v) is 3.29. The molecule has 0 aliphatic rings. The summed E-state index contributed by atoms with van der Waals surface area (Å²) in [6, 6.07) is 0. The summed E-state index contributed by atoms with van der Waals surface area (Å²) < 4.78 is 1.68. The number of aromatic nitrogens is 4. The van der Waals surface area contributed by atoms with Gasteiger partial charge in [-0.2, -0.15) is 5.10 Å². The summed E-state index contributed by atoms with van der Waals surface area (Å²) in [5, 5.41) is 12.7. The fourth-order valence-corrected chi connectivity index (χ4v) is 1.40. The van der Waals surface area contributed by atoms with Gasteiger partial charge in [0.15, 0.2) is 5.52 Å². The van der Waals surface area contributed by atoms with Gasteiger partial charge in [0.05, 0.1) is 12.5 Å². The SMILES string of the molecule is O=c1[nH]cnc2cn(CCCCO)nc12. The quantitative estimate of drug-likeness (QED) is 0.687. The molecule has 0 spiro atoms. The lowest BCUT2D eigenvalue weighted by Gasteiger charge is -1.97. The molecule has 2 aromatic rings. The van der Waals surface area contributed by atoms with Gasteiger partial charge in [0.1, 0.15) is 5.52 Å². The number of hydrogen-bond donors (Lipinski definition) is 2. The second kappa shape index (κ2) is 4.22. The molecule has 2 N–H and O–H groups in total. The smallest absolute Gasteiger partial charge is 0.279 e. The van der Waals surface area contributed by atoms with Gasteiger partial charge in [-0.1, -0.05) is 0 Å². The lowest BCUT2D eigenvalue weighted by atomic mass is 10.3. The van der Waals surface area contributed by atoms with Crippen molar-refractivity contribution in [2.75, 3.05) is 6.61 Å². The Kier molecular flexibility index (Phi) is 2.77. The zero-order valence-corrected chi connectivity index (χ0v) is 8.18. The molecular weight excluding hydrogens is 196 g/mol. The molecule has 6 heteroatoms. The molecule has 0 bridgehead atoms. The number of aliphatic hydroxyl groups is 1. The average Bonchev–Trinajstić information content (AvgIpc) is 2.63. The number of hydrogen-bond acceptors (Lipinski definition) is 4. The van der Waals surface area contributed by atoms with E-state index in [2.05, 4.69) is 15.1 Å². The van der Waals surface area contributed by atoms with Crippen LogP contribution in [0.3, 0.4) is 0 Å². The largest absolute Gasteiger partial charge is 0.396 e. The molecule has 2 rings (SSSR count). The molecule has 0 saturated carbocycles. The van der Waals surface area contributed by atoms with Gasteiger partial charge < -0.3 is 10.1 Å². The minimum atomic E-state index is -0.221. The summed E-state index contributed by atoms with van der Waals surface area (Å²) in [5.74, 6) is 0. The third kappa shape index (κ3) is 2.04. The van der Waals surface area contributed by atoms with E-state index in [4.69, 9.17) is 5.11 Å². The molecule has 0 fully saturated rings. The van der Waals surface area contributed by atoms with Crippen molar-refractivity contribution < 1.29 is 5.11 Å². The first kappa shape index (κ1) is 9.85. The Morgan fingerprint density at radius 2 is 2.33 bits per heavy atom. The van der Waals surface area contributed by atoms with Crippen molar-refractivity contribution in [1.82, 2.24) is 19.7 Å². The number of unbranched alkanes of at least 4 members (excludes halogenated alkanes) is 1. The topological polar surface area (TPSA) is 83.8 Å². The van der Waals surface area contributed by atoms with E-state index in [1.807, 2.05) is 0 Å². The van der Waals surface area contributed by atoms with Crippen molar-refractivity contribution in [1.29, 1.82) is 0 Å². The molecule has 80 valence electrons. The number of H-pyrrole nitrogens is 1. The van der Waals surface area contributed by atoms with Crippen molar-refractivity contribution in [3.05, 3.63) is 22.9 Å². The summed E-state index contributed by atoms with van der Waals surface area (Å²) in [6.07, 6.45) is 4.68. The molecule has 0 aromatic carbocycles. The molecule has 15 heavy (non-hydrogen) atoms. The van der Waals surface area contributed by atoms with E-state index in [0.29, 0.717) is 17.6 Å². The highest BCUT2D eigenvalue weighted by Crippen LogP contribution is 2.03. The van der Waals surface area contributed by atoms with Gasteiger partial charge in [-0.15, -0.1) is 0 Å². The van der Waals surface area contributed by atoms with Crippen molar-refractivity contribution in [3.63, 3.8) is 0 Å². The van der Waals surface area contributed by atoms with Crippen molar-refractivity contribution in [2.45, 2.75) is 19.4 Å². The Morgan fingerprint density at radius 3 is 3.07 bits per heavy atom. The molecule has 6 nitrogen and oxygen atoms in total. The first-order chi connectivity index (χ1) is 7.31. The van der Waals surface area contributed by atoms with Crippen LogP contribution in [0.4, 0.5) is 0 Å². The minimum Gasteiger partial charge on any atom is -0.396 e. The monoisotopic (exact) mass is 208 g/mol. The number of aryl methyl sites for hydroxylation is 1. The summed E-state index contributed by atoms with van der Waals surface area (Å²) >= 11 is 0. The molecule has 0 unspecified atom stereocenters. The van der Waals surface area contributed by atoms with E-state index in [0.717, 1.165) is 12.8 Å². The van der Waals surface area contributed by atoms with E-state index in [1.54, 1.807) is 10.9 Å². The Hall–Kier alpha value is -1.69. The Labute approximate surface area is 85.6 Å². The van der Waals surface area contributed by atoms with Crippen LogP contribution in [0.5, 0.6) is 0 Å². The van der Waals surface area contributed by atoms with Gasteiger partial charge >= 0.3 is 0 Å². The highest BCUT2D eigenvalue weighted by molar-refractivity contribution is 5.71. The van der Waals surface area contributed by atoms with Crippen LogP contribution in [0.15, 0.2) is 17.3 Å². The first-order valence-electron chi connectivity index (χ1n) is 4.83. The Bertz CT molecular complexity index is 502. The maximum absolute atomic E-state index is 11.3. The van der Waals surface area contributed by atoms with E-state index in [1.165, 1.54) is 6.33 Å². The molecule has 0 saturated heterocycles. The maximum atomic E-state index is 11.3. The predicted molar refractivity (Wildman–Crippen MR) is 54.5 cm³/mol. The van der Waals surface area contributed by atoms with Crippen molar-refractivity contribution in [2.24, 2.45) is 0 Å². The van der Waals surface area contributed by atoms with Crippen LogP contribution >= 0.6 is 0 Å². The molecule has 0 radical (unpaired) electrons. The van der Waals surface area contributed by atoms with Crippen LogP contribution in [-0.4, -0.2) is 31.5 Å². The van der Waals surface area contributed by atoms with Gasteiger partial charge in [0, 0.05) is 13.2 Å². The fourth-order valence-electron chi connectivity index (χ4n) is 1.40. The normalized spacial score (nSPS) is 11.0. The second-order valence-electron chi connectivity index (χ2n) is 3.29. The van der Waals surface area contributed by atoms with Crippen LogP contribution in [0, 0.1) is 0 Å². The highest BCUT2D eigenvalue weighted by Gasteiger charge is 2.04. The Morgan fingerprint density at radius 1 is 1.47 bits per heavy atom. The standard InChI is InChI=1S/C9H12N4O2/c14-4-2-1-3-13-5-7-8(12-13)9(15)11-6-10-7/h5-6,14H,1-4H2,(H,10,11,15). The number of aliphatic hydroxyl groups excluding tert-OH is 1. The zero-order chi connectivity index (χ0) is 10.7.